The van der Waals surface area contributed by atoms with Crippen LogP contribution in [0.25, 0.3) is 0 Å². The van der Waals surface area contributed by atoms with Gasteiger partial charge in [0.15, 0.2) is 0 Å². The molecule has 0 aromatic heterocycles. The zero-order chi connectivity index (χ0) is 21.4. The Morgan fingerprint density at radius 3 is 1.82 bits per heavy atom. The van der Waals surface area contributed by atoms with Gasteiger partial charge in [-0.2, -0.15) is 5.06 Å². The van der Waals surface area contributed by atoms with Crippen LogP contribution in [0.5, 0.6) is 0 Å². The first-order chi connectivity index (χ1) is 13.1. The summed E-state index contributed by atoms with van der Waals surface area (Å²) < 4.78 is 19.0. The lowest BCUT2D eigenvalue weighted by Crippen LogP contribution is -2.70. The third-order valence-corrected chi connectivity index (χ3v) is 9.46. The van der Waals surface area contributed by atoms with Gasteiger partial charge >= 0.3 is 8.80 Å². The van der Waals surface area contributed by atoms with Crippen LogP contribution in [0.2, 0.25) is 0 Å². The molecule has 2 atom stereocenters. The van der Waals surface area contributed by atoms with Crippen LogP contribution in [-0.2, 0) is 18.1 Å². The van der Waals surface area contributed by atoms with Gasteiger partial charge in [0.05, 0.1) is 12.8 Å². The van der Waals surface area contributed by atoms with E-state index in [4.69, 9.17) is 18.1 Å². The Morgan fingerprint density at radius 1 is 0.964 bits per heavy atom. The first-order valence-electron chi connectivity index (χ1n) is 11.1. The minimum absolute atomic E-state index is 0.00404. The number of piperidine rings is 1. The molecule has 7 heteroatoms. The lowest BCUT2D eigenvalue weighted by Gasteiger charge is -2.56. The molecule has 0 aliphatic carbocycles. The number of hydrogen-bond acceptors (Lipinski definition) is 6. The molecular formula is C21H46N2O4Si. The Labute approximate surface area is 175 Å². The summed E-state index contributed by atoms with van der Waals surface area (Å²) in [6.07, 6.45) is 3.87. The van der Waals surface area contributed by atoms with Crippen LogP contribution in [0.4, 0.5) is 0 Å². The summed E-state index contributed by atoms with van der Waals surface area (Å²) in [6.45, 7) is 20.6. The van der Waals surface area contributed by atoms with E-state index in [0.717, 1.165) is 32.2 Å². The second kappa shape index (κ2) is 11.4. The smallest absolute Gasteiger partial charge is 0.373 e. The Kier molecular flexibility index (Phi) is 10.6. The number of rotatable bonds is 13. The van der Waals surface area contributed by atoms with Gasteiger partial charge in [0.2, 0.25) is 0 Å². The molecule has 1 rings (SSSR count). The van der Waals surface area contributed by atoms with Gasteiger partial charge in [0, 0.05) is 43.4 Å². The van der Waals surface area contributed by atoms with Crippen molar-refractivity contribution in [3.63, 3.8) is 0 Å². The predicted octanol–water partition coefficient (Wildman–Crippen LogP) is 4.16. The van der Waals surface area contributed by atoms with Gasteiger partial charge in [-0.1, -0.05) is 34.6 Å². The summed E-state index contributed by atoms with van der Waals surface area (Å²) in [7, 11) is -1.07. The van der Waals surface area contributed by atoms with E-state index in [1.54, 1.807) is 7.11 Å². The fourth-order valence-electron chi connectivity index (χ4n) is 3.88. The third kappa shape index (κ3) is 5.77. The third-order valence-electron chi connectivity index (χ3n) is 6.42. The number of hydrogen-bond donors (Lipinski definition) is 1. The average Bonchev–Trinajstić information content (AvgIpc) is 2.65. The van der Waals surface area contributed by atoms with Crippen molar-refractivity contribution in [2.75, 3.05) is 33.5 Å². The van der Waals surface area contributed by atoms with E-state index < -0.39 is 8.80 Å². The van der Waals surface area contributed by atoms with Crippen LogP contribution in [0, 0.1) is 5.41 Å². The van der Waals surface area contributed by atoms with Crippen LogP contribution in [0.15, 0.2) is 0 Å². The molecule has 0 amide bonds. The van der Waals surface area contributed by atoms with Crippen molar-refractivity contribution in [3.05, 3.63) is 0 Å². The minimum Gasteiger partial charge on any atom is -0.373 e. The predicted molar refractivity (Wildman–Crippen MR) is 117 cm³/mol. The van der Waals surface area contributed by atoms with Gasteiger partial charge in [0.25, 0.3) is 0 Å². The van der Waals surface area contributed by atoms with Crippen LogP contribution in [0.1, 0.15) is 81.1 Å². The second-order valence-corrected chi connectivity index (χ2v) is 11.9. The molecule has 28 heavy (non-hydrogen) atoms. The zero-order valence-corrected chi connectivity index (χ0v) is 20.9. The molecule has 0 radical (unpaired) electrons. The summed E-state index contributed by atoms with van der Waals surface area (Å²) in [6, 6.07) is 0.316. The van der Waals surface area contributed by atoms with Gasteiger partial charge in [-0.05, 0) is 46.5 Å². The summed E-state index contributed by atoms with van der Waals surface area (Å²) >= 11 is 0. The van der Waals surface area contributed by atoms with Crippen molar-refractivity contribution in [2.45, 2.75) is 98.3 Å². The lowest BCUT2D eigenvalue weighted by atomic mass is 9.65. The lowest BCUT2D eigenvalue weighted by molar-refractivity contribution is -0.247. The highest BCUT2D eigenvalue weighted by atomic mass is 28.4. The van der Waals surface area contributed by atoms with Crippen LogP contribution >= 0.6 is 0 Å². The molecule has 0 bridgehead atoms. The van der Waals surface area contributed by atoms with Crippen molar-refractivity contribution < 1.29 is 18.1 Å². The van der Waals surface area contributed by atoms with Gasteiger partial charge in [0.1, 0.15) is 0 Å². The molecule has 6 nitrogen and oxygen atoms in total. The van der Waals surface area contributed by atoms with Gasteiger partial charge < -0.3 is 23.4 Å². The van der Waals surface area contributed by atoms with Crippen LogP contribution < -0.4 is 5.32 Å². The Bertz CT molecular complexity index is 426. The van der Waals surface area contributed by atoms with E-state index in [9.17, 15) is 0 Å². The van der Waals surface area contributed by atoms with E-state index >= 15 is 0 Å². The maximum absolute atomic E-state index is 6.35. The maximum Gasteiger partial charge on any atom is 0.518 e. The molecule has 0 aromatic rings. The summed E-state index contributed by atoms with van der Waals surface area (Å²) in [5.41, 5.74) is -0.0672. The normalized spacial score (nSPS) is 23.7. The van der Waals surface area contributed by atoms with Crippen molar-refractivity contribution in [1.82, 2.24) is 10.4 Å². The molecule has 0 aromatic carbocycles. The first kappa shape index (κ1) is 26.0. The van der Waals surface area contributed by atoms with Crippen LogP contribution in [0.3, 0.4) is 0 Å². The summed E-state index contributed by atoms with van der Waals surface area (Å²) in [4.78, 5) is 5.66. The number of nitrogens with one attached hydrogen (secondary N) is 1. The molecule has 168 valence electrons. The van der Waals surface area contributed by atoms with Crippen molar-refractivity contribution in [1.29, 1.82) is 0 Å². The molecule has 1 heterocycles. The van der Waals surface area contributed by atoms with Crippen molar-refractivity contribution in [3.8, 4) is 0 Å². The fraction of sp³-hybridized carbons (Fsp3) is 1.00. The number of nitrogens with zero attached hydrogens (tertiary/aromatic N) is 1. The largest absolute Gasteiger partial charge is 0.518 e. The van der Waals surface area contributed by atoms with E-state index in [2.05, 4.69) is 65.8 Å². The molecule has 1 aliphatic rings. The minimum atomic E-state index is -2.84. The molecule has 1 fully saturated rings. The highest BCUT2D eigenvalue weighted by molar-refractivity contribution is 6.62. The van der Waals surface area contributed by atoms with Gasteiger partial charge in [-0.3, -0.25) is 0 Å². The molecule has 1 N–H and O–H groups in total. The summed E-state index contributed by atoms with van der Waals surface area (Å²) in [5.74, 6) is 0. The Hall–Kier alpha value is -0.0231. The quantitative estimate of drug-likeness (QED) is 0.453. The second-order valence-electron chi connectivity index (χ2n) is 8.94. The Balaban J connectivity index is 3.05. The highest BCUT2D eigenvalue weighted by Crippen LogP contribution is 2.44. The van der Waals surface area contributed by atoms with E-state index in [0.29, 0.717) is 25.9 Å². The maximum atomic E-state index is 6.35. The van der Waals surface area contributed by atoms with E-state index in [1.807, 2.05) is 0 Å². The molecule has 1 saturated heterocycles. The monoisotopic (exact) mass is 418 g/mol. The Morgan fingerprint density at radius 2 is 1.43 bits per heavy atom. The number of hydroxylamine groups is 2. The first-order valence-corrected chi connectivity index (χ1v) is 12.9. The SMILES string of the molecule is CCCO[Si](OCCC)(OCCC)C(C)NC1CCN(OC)C(C)(C)C1(C)C. The van der Waals surface area contributed by atoms with E-state index in [-0.39, 0.29) is 16.6 Å². The van der Waals surface area contributed by atoms with Crippen LogP contribution in [-0.4, -0.2) is 64.6 Å². The van der Waals surface area contributed by atoms with Crippen molar-refractivity contribution >= 4 is 8.80 Å². The summed E-state index contributed by atoms with van der Waals surface area (Å²) in [5, 5.41) is 5.99. The topological polar surface area (TPSA) is 52.2 Å². The van der Waals surface area contributed by atoms with E-state index in [1.165, 1.54) is 0 Å². The molecule has 0 spiro atoms. The molecular weight excluding hydrogens is 372 g/mol. The molecule has 2 unspecified atom stereocenters. The standard InChI is InChI=1S/C21H46N2O4Si/c1-10-15-25-28(26-16-11-2,27-17-12-3)18(4)22-19-13-14-23(24-9)21(7,8)20(19,5)6/h18-19,22H,10-17H2,1-9H3. The average molecular weight is 419 g/mol. The van der Waals surface area contributed by atoms with Crippen molar-refractivity contribution in [2.24, 2.45) is 5.41 Å². The molecule has 1 aliphatic heterocycles. The zero-order valence-electron chi connectivity index (χ0n) is 19.9. The fourth-order valence-corrected chi connectivity index (χ4v) is 6.75. The molecule has 0 saturated carbocycles. The highest BCUT2D eigenvalue weighted by Gasteiger charge is 2.54. The van der Waals surface area contributed by atoms with Gasteiger partial charge in [-0.15, -0.1) is 0 Å². The van der Waals surface area contributed by atoms with Gasteiger partial charge in [-0.25, -0.2) is 0 Å².